The van der Waals surface area contributed by atoms with Crippen LogP contribution in [0, 0.1) is 5.92 Å². The molecule has 2 fully saturated rings. The number of aliphatic hydroxyl groups excluding tert-OH is 8. The van der Waals surface area contributed by atoms with Crippen LogP contribution in [0.2, 0.25) is 0 Å². The molecule has 2 heterocycles. The van der Waals surface area contributed by atoms with Gasteiger partial charge in [-0.3, -0.25) is 4.79 Å². The zero-order chi connectivity index (χ0) is 22.7. The van der Waals surface area contributed by atoms with E-state index in [0.717, 1.165) is 0 Å². The second kappa shape index (κ2) is 10.6. The quantitative estimate of drug-likeness (QED) is 0.174. The molecule has 0 aromatic heterocycles. The highest BCUT2D eigenvalue weighted by molar-refractivity contribution is 5.72. The first-order valence-corrected chi connectivity index (χ1v) is 9.49. The van der Waals surface area contributed by atoms with E-state index in [4.69, 9.17) is 18.9 Å². The standard InChI is InChI=1S/C17H30O13/c1-5(6(2)19)15(26)27-4-8-10(21)12(23)14(25)17(29-8)30-16-13(24)11(22)9(20)7(3-18)28-16/h5-14,16-25H,3-4H2,1-2H3. The normalized spacial score (nSPS) is 44.3. The van der Waals surface area contributed by atoms with E-state index in [-0.39, 0.29) is 0 Å². The minimum Gasteiger partial charge on any atom is -0.463 e. The van der Waals surface area contributed by atoms with Crippen molar-refractivity contribution < 1.29 is 64.6 Å². The van der Waals surface area contributed by atoms with Crippen LogP contribution in [0.1, 0.15) is 13.8 Å². The van der Waals surface area contributed by atoms with Crippen molar-refractivity contribution in [2.24, 2.45) is 5.92 Å². The highest BCUT2D eigenvalue weighted by atomic mass is 16.8. The van der Waals surface area contributed by atoms with Crippen LogP contribution in [0.15, 0.2) is 0 Å². The molecule has 13 nitrogen and oxygen atoms in total. The predicted octanol–water partition coefficient (Wildman–Crippen LogP) is -4.83. The maximum atomic E-state index is 11.9. The lowest BCUT2D eigenvalue weighted by atomic mass is 9.98. The fourth-order valence-electron chi connectivity index (χ4n) is 2.97. The fraction of sp³-hybridized carbons (Fsp3) is 0.941. The minimum atomic E-state index is -1.81. The molecule has 0 saturated carbocycles. The van der Waals surface area contributed by atoms with Gasteiger partial charge in [-0.25, -0.2) is 0 Å². The Morgan fingerprint density at radius 3 is 1.77 bits per heavy atom. The number of ether oxygens (including phenoxy) is 4. The molecular formula is C17H30O13. The summed E-state index contributed by atoms with van der Waals surface area (Å²) in [6.45, 7) is 1.56. The van der Waals surface area contributed by atoms with Gasteiger partial charge in [-0.2, -0.15) is 0 Å². The predicted molar refractivity (Wildman–Crippen MR) is 93.3 cm³/mol. The molecule has 2 rings (SSSR count). The third-order valence-electron chi connectivity index (χ3n) is 5.27. The Hall–Kier alpha value is -0.970. The van der Waals surface area contributed by atoms with Crippen molar-refractivity contribution in [3.8, 4) is 0 Å². The molecule has 2 saturated heterocycles. The van der Waals surface area contributed by atoms with Crippen LogP contribution in [0.25, 0.3) is 0 Å². The summed E-state index contributed by atoms with van der Waals surface area (Å²) in [7, 11) is 0. The third kappa shape index (κ3) is 5.44. The number of esters is 1. The monoisotopic (exact) mass is 442 g/mol. The Balaban J connectivity index is 2.04. The van der Waals surface area contributed by atoms with Crippen LogP contribution in [0.5, 0.6) is 0 Å². The molecule has 176 valence electrons. The number of hydrogen-bond donors (Lipinski definition) is 8. The molecular weight excluding hydrogens is 412 g/mol. The van der Waals surface area contributed by atoms with E-state index in [1.165, 1.54) is 13.8 Å². The highest BCUT2D eigenvalue weighted by Gasteiger charge is 2.50. The second-order valence-electron chi connectivity index (χ2n) is 7.51. The van der Waals surface area contributed by atoms with Gasteiger partial charge in [0.2, 0.25) is 0 Å². The Kier molecular flexibility index (Phi) is 8.91. The van der Waals surface area contributed by atoms with E-state index < -0.39 is 92.6 Å². The molecule has 13 heteroatoms. The molecule has 0 spiro atoms. The van der Waals surface area contributed by atoms with Crippen LogP contribution >= 0.6 is 0 Å². The third-order valence-corrected chi connectivity index (χ3v) is 5.27. The van der Waals surface area contributed by atoms with E-state index in [1.807, 2.05) is 0 Å². The van der Waals surface area contributed by atoms with E-state index in [0.29, 0.717) is 0 Å². The lowest BCUT2D eigenvalue weighted by Crippen LogP contribution is -2.63. The van der Waals surface area contributed by atoms with Gasteiger partial charge < -0.3 is 59.8 Å². The van der Waals surface area contributed by atoms with Gasteiger partial charge in [0.05, 0.1) is 18.6 Å². The van der Waals surface area contributed by atoms with Crippen molar-refractivity contribution in [3.05, 3.63) is 0 Å². The second-order valence-corrected chi connectivity index (χ2v) is 7.51. The first kappa shape index (κ1) is 25.3. The molecule has 12 atom stereocenters. The van der Waals surface area contributed by atoms with Crippen LogP contribution in [-0.4, -0.2) is 128 Å². The van der Waals surface area contributed by atoms with Gasteiger partial charge in [-0.05, 0) is 13.8 Å². The Bertz CT molecular complexity index is 558. The number of rotatable bonds is 7. The van der Waals surface area contributed by atoms with Crippen molar-refractivity contribution in [1.29, 1.82) is 0 Å². The summed E-state index contributed by atoms with van der Waals surface area (Å²) in [5.74, 6) is -1.64. The number of hydrogen-bond acceptors (Lipinski definition) is 13. The summed E-state index contributed by atoms with van der Waals surface area (Å²) in [5, 5.41) is 78.5. The van der Waals surface area contributed by atoms with Gasteiger partial charge in [0, 0.05) is 0 Å². The van der Waals surface area contributed by atoms with Gasteiger partial charge >= 0.3 is 5.97 Å². The zero-order valence-electron chi connectivity index (χ0n) is 16.5. The van der Waals surface area contributed by atoms with Crippen molar-refractivity contribution in [2.45, 2.75) is 81.4 Å². The van der Waals surface area contributed by atoms with E-state index >= 15 is 0 Å². The summed E-state index contributed by atoms with van der Waals surface area (Å²) in [4.78, 5) is 11.9. The summed E-state index contributed by atoms with van der Waals surface area (Å²) >= 11 is 0. The van der Waals surface area contributed by atoms with Crippen molar-refractivity contribution >= 4 is 5.97 Å². The Morgan fingerprint density at radius 1 is 0.833 bits per heavy atom. The fourth-order valence-corrected chi connectivity index (χ4v) is 2.97. The average molecular weight is 442 g/mol. The van der Waals surface area contributed by atoms with Gasteiger partial charge in [0.1, 0.15) is 55.4 Å². The Morgan fingerprint density at radius 2 is 1.30 bits per heavy atom. The van der Waals surface area contributed by atoms with Crippen molar-refractivity contribution in [2.75, 3.05) is 13.2 Å². The molecule has 0 bridgehead atoms. The van der Waals surface area contributed by atoms with Crippen LogP contribution in [0.4, 0.5) is 0 Å². The van der Waals surface area contributed by atoms with Crippen molar-refractivity contribution in [1.82, 2.24) is 0 Å². The smallest absolute Gasteiger partial charge is 0.311 e. The molecule has 0 aromatic carbocycles. The van der Waals surface area contributed by atoms with Crippen molar-refractivity contribution in [3.63, 3.8) is 0 Å². The Labute approximate surface area is 172 Å². The number of carbonyl (C=O) groups is 1. The molecule has 12 unspecified atom stereocenters. The van der Waals surface area contributed by atoms with Gasteiger partial charge in [0.25, 0.3) is 0 Å². The van der Waals surface area contributed by atoms with E-state index in [9.17, 15) is 45.6 Å². The highest BCUT2D eigenvalue weighted by Crippen LogP contribution is 2.28. The molecule has 0 radical (unpaired) electrons. The lowest BCUT2D eigenvalue weighted by molar-refractivity contribution is -0.376. The molecule has 2 aliphatic rings. The summed E-state index contributed by atoms with van der Waals surface area (Å²) < 4.78 is 20.7. The molecule has 0 aromatic rings. The summed E-state index contributed by atoms with van der Waals surface area (Å²) in [5.41, 5.74) is 0. The SMILES string of the molecule is CC(O)C(C)C(=O)OCC1OC(OC2OC(CO)C(O)C(O)C2O)C(O)C(O)C1O. The van der Waals surface area contributed by atoms with Crippen LogP contribution in [-0.2, 0) is 23.7 Å². The van der Waals surface area contributed by atoms with E-state index in [2.05, 4.69) is 0 Å². The molecule has 8 N–H and O–H groups in total. The number of carbonyl (C=O) groups excluding carboxylic acids is 1. The average Bonchev–Trinajstić information content (AvgIpc) is 2.72. The van der Waals surface area contributed by atoms with Crippen LogP contribution in [0.3, 0.4) is 0 Å². The zero-order valence-corrected chi connectivity index (χ0v) is 16.5. The van der Waals surface area contributed by atoms with Crippen LogP contribution < -0.4 is 0 Å². The first-order valence-electron chi connectivity index (χ1n) is 9.49. The van der Waals surface area contributed by atoms with E-state index in [1.54, 1.807) is 0 Å². The maximum absolute atomic E-state index is 11.9. The minimum absolute atomic E-state index is 0.546. The van der Waals surface area contributed by atoms with Gasteiger partial charge in [-0.15, -0.1) is 0 Å². The topological polar surface area (TPSA) is 216 Å². The molecule has 0 aliphatic carbocycles. The lowest BCUT2D eigenvalue weighted by Gasteiger charge is -2.44. The number of aliphatic hydroxyl groups is 8. The summed E-state index contributed by atoms with van der Waals surface area (Å²) in [6.07, 6.45) is -17.4. The molecule has 0 amide bonds. The molecule has 30 heavy (non-hydrogen) atoms. The molecule has 2 aliphatic heterocycles. The van der Waals surface area contributed by atoms with Gasteiger partial charge in [-0.1, -0.05) is 0 Å². The summed E-state index contributed by atoms with van der Waals surface area (Å²) in [6, 6.07) is 0. The first-order chi connectivity index (χ1) is 14.0. The maximum Gasteiger partial charge on any atom is 0.311 e. The van der Waals surface area contributed by atoms with Gasteiger partial charge in [0.15, 0.2) is 12.6 Å². The largest absolute Gasteiger partial charge is 0.463 e.